The van der Waals surface area contributed by atoms with Crippen molar-refractivity contribution < 1.29 is 14.3 Å². The van der Waals surface area contributed by atoms with E-state index in [1.54, 1.807) is 20.5 Å². The SMILES string of the molecule is COc1cc(CN2CCc3c(ncnc3NC(=O)C34CC5CC(CC(C5)C3)C4)C2)cc(OC)c1. The number of hydrogen-bond acceptors (Lipinski definition) is 6. The van der Waals surface area contributed by atoms with E-state index in [2.05, 4.69) is 32.3 Å². The molecule has 1 amide bonds. The number of nitrogens with zero attached hydrogens (tertiary/aromatic N) is 3. The minimum atomic E-state index is -0.168. The highest BCUT2D eigenvalue weighted by atomic mass is 16.5. The summed E-state index contributed by atoms with van der Waals surface area (Å²) < 4.78 is 10.8. The molecule has 1 aliphatic heterocycles. The normalized spacial score (nSPS) is 29.5. The van der Waals surface area contributed by atoms with Gasteiger partial charge in [0.15, 0.2) is 0 Å². The minimum absolute atomic E-state index is 0.168. The Labute approximate surface area is 201 Å². The molecule has 180 valence electrons. The Hall–Kier alpha value is -2.67. The van der Waals surface area contributed by atoms with Gasteiger partial charge in [0.1, 0.15) is 23.6 Å². The van der Waals surface area contributed by atoms with Crippen LogP contribution in [0.2, 0.25) is 0 Å². The lowest BCUT2D eigenvalue weighted by Gasteiger charge is -2.55. The van der Waals surface area contributed by atoms with Gasteiger partial charge in [-0.3, -0.25) is 9.69 Å². The number of nitrogens with one attached hydrogen (secondary N) is 1. The van der Waals surface area contributed by atoms with E-state index in [4.69, 9.17) is 9.47 Å². The molecule has 2 heterocycles. The number of rotatable bonds is 6. The van der Waals surface area contributed by atoms with Gasteiger partial charge in [0.05, 0.1) is 25.3 Å². The molecule has 0 saturated heterocycles. The molecule has 0 spiro atoms. The van der Waals surface area contributed by atoms with Crippen molar-refractivity contribution in [1.82, 2.24) is 14.9 Å². The number of aromatic nitrogens is 2. The zero-order valence-corrected chi connectivity index (χ0v) is 20.2. The van der Waals surface area contributed by atoms with Crippen LogP contribution in [0.1, 0.15) is 55.3 Å². The summed E-state index contributed by atoms with van der Waals surface area (Å²) in [6.45, 7) is 2.41. The maximum Gasteiger partial charge on any atom is 0.231 e. The molecule has 5 aliphatic rings. The Morgan fingerprint density at radius 1 is 1.03 bits per heavy atom. The van der Waals surface area contributed by atoms with E-state index in [-0.39, 0.29) is 11.3 Å². The number of anilines is 1. The van der Waals surface area contributed by atoms with E-state index in [1.807, 2.05) is 6.07 Å². The van der Waals surface area contributed by atoms with Crippen LogP contribution >= 0.6 is 0 Å². The molecule has 1 N–H and O–H groups in total. The van der Waals surface area contributed by atoms with Crippen molar-refractivity contribution in [2.45, 2.75) is 58.0 Å². The third-order valence-electron chi connectivity index (χ3n) is 8.66. The zero-order chi connectivity index (χ0) is 23.3. The Kier molecular flexibility index (Phi) is 5.47. The fraction of sp³-hybridized carbons (Fsp3) is 0.593. The number of methoxy groups -OCH3 is 2. The summed E-state index contributed by atoms with van der Waals surface area (Å²) in [5.41, 5.74) is 3.08. The van der Waals surface area contributed by atoms with Crippen molar-refractivity contribution in [3.05, 3.63) is 41.3 Å². The van der Waals surface area contributed by atoms with Gasteiger partial charge in [-0.2, -0.15) is 0 Å². The lowest BCUT2D eigenvalue weighted by atomic mass is 9.49. The van der Waals surface area contributed by atoms with E-state index < -0.39 is 0 Å². The monoisotopic (exact) mass is 462 g/mol. The van der Waals surface area contributed by atoms with Crippen molar-refractivity contribution in [3.8, 4) is 11.5 Å². The van der Waals surface area contributed by atoms with Crippen LogP contribution < -0.4 is 14.8 Å². The van der Waals surface area contributed by atoms with Crippen LogP contribution in [0.3, 0.4) is 0 Å². The van der Waals surface area contributed by atoms with Crippen molar-refractivity contribution in [2.75, 3.05) is 26.1 Å². The summed E-state index contributed by atoms with van der Waals surface area (Å²) in [5, 5.41) is 3.28. The maximum atomic E-state index is 13.6. The molecule has 4 saturated carbocycles. The highest BCUT2D eigenvalue weighted by Gasteiger charge is 2.54. The van der Waals surface area contributed by atoms with Gasteiger partial charge >= 0.3 is 0 Å². The van der Waals surface area contributed by atoms with Gasteiger partial charge < -0.3 is 14.8 Å². The molecule has 1 aromatic heterocycles. The first kappa shape index (κ1) is 21.8. The zero-order valence-electron chi connectivity index (χ0n) is 20.2. The summed E-state index contributed by atoms with van der Waals surface area (Å²) in [6.07, 6.45) is 9.64. The maximum absolute atomic E-state index is 13.6. The minimum Gasteiger partial charge on any atom is -0.497 e. The molecule has 34 heavy (non-hydrogen) atoms. The number of hydrogen-bond donors (Lipinski definition) is 1. The first-order chi connectivity index (χ1) is 16.5. The first-order valence-electron chi connectivity index (χ1n) is 12.6. The molecule has 7 rings (SSSR count). The predicted octanol–water partition coefficient (Wildman–Crippen LogP) is 4.21. The number of ether oxygens (including phenoxy) is 2. The fourth-order valence-electron chi connectivity index (χ4n) is 7.50. The van der Waals surface area contributed by atoms with Gasteiger partial charge in [0.2, 0.25) is 5.91 Å². The van der Waals surface area contributed by atoms with Gasteiger partial charge in [-0.05, 0) is 80.4 Å². The van der Waals surface area contributed by atoms with Crippen LogP contribution in [0.25, 0.3) is 0 Å². The van der Waals surface area contributed by atoms with E-state index in [0.29, 0.717) is 0 Å². The van der Waals surface area contributed by atoms with Crippen LogP contribution in [0.4, 0.5) is 5.82 Å². The van der Waals surface area contributed by atoms with Crippen molar-refractivity contribution in [3.63, 3.8) is 0 Å². The number of amides is 1. The number of carbonyl (C=O) groups is 1. The lowest BCUT2D eigenvalue weighted by Crippen LogP contribution is -2.52. The van der Waals surface area contributed by atoms with E-state index in [1.165, 1.54) is 19.3 Å². The van der Waals surface area contributed by atoms with Crippen LogP contribution in [0, 0.1) is 23.2 Å². The molecule has 7 heteroatoms. The van der Waals surface area contributed by atoms with Crippen LogP contribution in [-0.4, -0.2) is 41.5 Å². The molecule has 1 aromatic carbocycles. The van der Waals surface area contributed by atoms with E-state index >= 15 is 0 Å². The summed E-state index contributed by atoms with van der Waals surface area (Å²) in [4.78, 5) is 25.0. The van der Waals surface area contributed by atoms with Crippen molar-refractivity contribution in [2.24, 2.45) is 23.2 Å². The average Bonchev–Trinajstić information content (AvgIpc) is 2.83. The summed E-state index contributed by atoms with van der Waals surface area (Å²) in [5.74, 6) is 4.78. The lowest BCUT2D eigenvalue weighted by molar-refractivity contribution is -0.140. The Morgan fingerprint density at radius 3 is 2.29 bits per heavy atom. The molecular weight excluding hydrogens is 428 g/mol. The summed E-state index contributed by atoms with van der Waals surface area (Å²) in [6, 6.07) is 5.99. The molecule has 2 aromatic rings. The molecule has 4 fully saturated rings. The second-order valence-corrected chi connectivity index (χ2v) is 11.0. The molecule has 4 bridgehead atoms. The predicted molar refractivity (Wildman–Crippen MR) is 129 cm³/mol. The molecule has 0 unspecified atom stereocenters. The molecule has 0 radical (unpaired) electrons. The highest BCUT2D eigenvalue weighted by molar-refractivity contribution is 5.95. The average molecular weight is 463 g/mol. The molecular formula is C27H34N4O3. The summed E-state index contributed by atoms with van der Waals surface area (Å²) in [7, 11) is 3.34. The van der Waals surface area contributed by atoms with Gasteiger partial charge in [-0.1, -0.05) is 0 Å². The highest BCUT2D eigenvalue weighted by Crippen LogP contribution is 2.60. The summed E-state index contributed by atoms with van der Waals surface area (Å²) >= 11 is 0. The second-order valence-electron chi connectivity index (χ2n) is 11.0. The Morgan fingerprint density at radius 2 is 1.68 bits per heavy atom. The Balaban J connectivity index is 1.17. The topological polar surface area (TPSA) is 76.6 Å². The number of benzene rings is 1. The molecule has 4 aliphatic carbocycles. The van der Waals surface area contributed by atoms with Gasteiger partial charge in [-0.15, -0.1) is 0 Å². The standard InChI is InChI=1S/C27H34N4O3/c1-33-21-8-20(9-22(10-21)34-2)14-31-4-3-23-24(15-31)28-16-29-25(23)30-26(32)27-11-17-5-18(12-27)7-19(6-17)13-27/h8-10,16-19H,3-7,11-15H2,1-2H3,(H,28,29,30,32). The van der Waals surface area contributed by atoms with Crippen LogP contribution in [-0.2, 0) is 24.3 Å². The third kappa shape index (κ3) is 3.94. The fourth-order valence-corrected chi connectivity index (χ4v) is 7.50. The second kappa shape index (κ2) is 8.52. The van der Waals surface area contributed by atoms with Crippen molar-refractivity contribution >= 4 is 11.7 Å². The van der Waals surface area contributed by atoms with E-state index in [9.17, 15) is 4.79 Å². The van der Waals surface area contributed by atoms with E-state index in [0.717, 1.165) is 97.2 Å². The number of carbonyl (C=O) groups excluding carboxylic acids is 1. The largest absolute Gasteiger partial charge is 0.497 e. The Bertz CT molecular complexity index is 1040. The number of fused-ring (bicyclic) bond motifs is 1. The smallest absolute Gasteiger partial charge is 0.231 e. The van der Waals surface area contributed by atoms with Gasteiger partial charge in [-0.25, -0.2) is 9.97 Å². The van der Waals surface area contributed by atoms with Crippen LogP contribution in [0.5, 0.6) is 11.5 Å². The molecule has 7 nitrogen and oxygen atoms in total. The first-order valence-corrected chi connectivity index (χ1v) is 12.6. The van der Waals surface area contributed by atoms with Crippen LogP contribution in [0.15, 0.2) is 24.5 Å². The van der Waals surface area contributed by atoms with Crippen molar-refractivity contribution in [1.29, 1.82) is 0 Å². The molecule has 0 atom stereocenters. The third-order valence-corrected chi connectivity index (χ3v) is 8.66. The van der Waals surface area contributed by atoms with Gasteiger partial charge in [0.25, 0.3) is 0 Å². The quantitative estimate of drug-likeness (QED) is 0.693. The van der Waals surface area contributed by atoms with Gasteiger partial charge in [0, 0.05) is 31.3 Å².